The van der Waals surface area contributed by atoms with Crippen LogP contribution in [0.4, 0.5) is 0 Å². The second kappa shape index (κ2) is 5.43. The molecule has 0 aliphatic carbocycles. The van der Waals surface area contributed by atoms with Crippen molar-refractivity contribution in [1.82, 2.24) is 9.36 Å². The number of hydrogen-bond acceptors (Lipinski definition) is 7. The van der Waals surface area contributed by atoms with Crippen molar-refractivity contribution in [2.24, 2.45) is 5.73 Å². The second-order valence-corrected chi connectivity index (χ2v) is 5.14. The van der Waals surface area contributed by atoms with E-state index in [2.05, 4.69) is 9.36 Å². The third-order valence-corrected chi connectivity index (χ3v) is 3.71. The highest BCUT2D eigenvalue weighted by Gasteiger charge is 2.30. The summed E-state index contributed by atoms with van der Waals surface area (Å²) >= 11 is 2.69. The molecule has 0 saturated heterocycles. The molecule has 1 atom stereocenters. The molecule has 0 aromatic carbocycles. The molecule has 1 heterocycles. The Bertz CT molecular complexity index is 314. The molecule has 0 bridgehead atoms. The van der Waals surface area contributed by atoms with E-state index in [0.717, 1.165) is 4.34 Å². The quantitative estimate of drug-likeness (QED) is 0.615. The summed E-state index contributed by atoms with van der Waals surface area (Å²) in [5.74, 6) is 0.0446. The lowest BCUT2D eigenvalue weighted by atomic mass is 10.1. The van der Waals surface area contributed by atoms with Gasteiger partial charge in [0.1, 0.15) is 11.9 Å². The molecule has 0 aliphatic heterocycles. The number of ether oxygens (including phenoxy) is 1. The molecule has 1 rings (SSSR count). The van der Waals surface area contributed by atoms with E-state index in [1.807, 2.05) is 0 Å². The predicted octanol–water partition coefficient (Wildman–Crippen LogP) is 0.911. The highest BCUT2D eigenvalue weighted by atomic mass is 32.2. The van der Waals surface area contributed by atoms with Gasteiger partial charge in [0.25, 0.3) is 0 Å². The van der Waals surface area contributed by atoms with Gasteiger partial charge in [-0.15, -0.1) is 0 Å². The number of thioether (sulfide) groups is 1. The fourth-order valence-corrected chi connectivity index (χ4v) is 2.25. The van der Waals surface area contributed by atoms with Gasteiger partial charge < -0.3 is 10.5 Å². The van der Waals surface area contributed by atoms with E-state index in [4.69, 9.17) is 10.5 Å². The Morgan fingerprint density at radius 2 is 2.53 bits per heavy atom. The Labute approximate surface area is 96.6 Å². The molecule has 1 aromatic rings. The number of nitrogens with zero attached hydrogens (tertiary/aromatic N) is 2. The number of carbonyl (C=O) groups is 1. The van der Waals surface area contributed by atoms with Crippen LogP contribution in [0.3, 0.4) is 0 Å². The van der Waals surface area contributed by atoms with Gasteiger partial charge in [0.05, 0.1) is 6.61 Å². The number of esters is 1. The van der Waals surface area contributed by atoms with E-state index in [0.29, 0.717) is 12.4 Å². The van der Waals surface area contributed by atoms with E-state index in [-0.39, 0.29) is 5.97 Å². The molecular formula is C8H13N3O2S2. The van der Waals surface area contributed by atoms with Crippen molar-refractivity contribution in [3.63, 3.8) is 0 Å². The molecule has 7 heteroatoms. The van der Waals surface area contributed by atoms with Crippen LogP contribution >= 0.6 is 23.3 Å². The minimum Gasteiger partial charge on any atom is -0.465 e. The maximum absolute atomic E-state index is 11.4. The van der Waals surface area contributed by atoms with Crippen LogP contribution in [0.1, 0.15) is 13.8 Å². The summed E-state index contributed by atoms with van der Waals surface area (Å²) < 4.78 is 9.53. The predicted molar refractivity (Wildman–Crippen MR) is 59.9 cm³/mol. The van der Waals surface area contributed by atoms with E-state index < -0.39 is 5.54 Å². The van der Waals surface area contributed by atoms with Gasteiger partial charge in [-0.25, -0.2) is 4.98 Å². The van der Waals surface area contributed by atoms with Crippen LogP contribution in [0.2, 0.25) is 0 Å². The Morgan fingerprint density at radius 3 is 3.07 bits per heavy atom. The van der Waals surface area contributed by atoms with Crippen LogP contribution in [0, 0.1) is 0 Å². The fraction of sp³-hybridized carbons (Fsp3) is 0.625. The summed E-state index contributed by atoms with van der Waals surface area (Å²) in [5, 5.41) is 0. The van der Waals surface area contributed by atoms with Crippen LogP contribution in [0.25, 0.3) is 0 Å². The number of nitrogens with two attached hydrogens (primary N) is 1. The van der Waals surface area contributed by atoms with Crippen molar-refractivity contribution in [2.45, 2.75) is 23.7 Å². The first-order valence-corrected chi connectivity index (χ1v) is 6.17. The van der Waals surface area contributed by atoms with E-state index in [1.165, 1.54) is 29.6 Å². The maximum atomic E-state index is 11.4. The Hall–Kier alpha value is -0.660. The van der Waals surface area contributed by atoms with Gasteiger partial charge in [0.2, 0.25) is 0 Å². The maximum Gasteiger partial charge on any atom is 0.326 e. The molecule has 0 saturated carbocycles. The van der Waals surface area contributed by atoms with E-state index in [9.17, 15) is 4.79 Å². The number of hydrogen-bond donors (Lipinski definition) is 1. The molecule has 0 radical (unpaired) electrons. The highest BCUT2D eigenvalue weighted by Crippen LogP contribution is 2.22. The van der Waals surface area contributed by atoms with E-state index >= 15 is 0 Å². The van der Waals surface area contributed by atoms with Crippen LogP contribution < -0.4 is 5.73 Å². The van der Waals surface area contributed by atoms with Gasteiger partial charge in [-0.3, -0.25) is 4.79 Å². The zero-order valence-corrected chi connectivity index (χ0v) is 10.2. The molecular weight excluding hydrogens is 234 g/mol. The van der Waals surface area contributed by atoms with Crippen molar-refractivity contribution >= 4 is 29.3 Å². The van der Waals surface area contributed by atoms with Crippen molar-refractivity contribution < 1.29 is 9.53 Å². The largest absolute Gasteiger partial charge is 0.465 e. The molecule has 0 spiro atoms. The molecule has 1 unspecified atom stereocenters. The number of aromatic nitrogens is 2. The molecule has 2 N–H and O–H groups in total. The van der Waals surface area contributed by atoms with Crippen LogP contribution in [0.5, 0.6) is 0 Å². The normalized spacial score (nSPS) is 14.6. The molecule has 0 amide bonds. The van der Waals surface area contributed by atoms with Crippen LogP contribution in [0.15, 0.2) is 10.7 Å². The summed E-state index contributed by atoms with van der Waals surface area (Å²) in [6.07, 6.45) is 1.48. The lowest BCUT2D eigenvalue weighted by Crippen LogP contribution is -2.48. The molecule has 84 valence electrons. The first-order valence-electron chi connectivity index (χ1n) is 4.42. The zero-order valence-electron chi connectivity index (χ0n) is 8.60. The van der Waals surface area contributed by atoms with Crippen molar-refractivity contribution in [3.8, 4) is 0 Å². The van der Waals surface area contributed by atoms with Crippen LogP contribution in [-0.2, 0) is 9.53 Å². The van der Waals surface area contributed by atoms with Gasteiger partial charge in [0.15, 0.2) is 4.34 Å². The lowest BCUT2D eigenvalue weighted by Gasteiger charge is -2.20. The molecule has 1 aromatic heterocycles. The first kappa shape index (κ1) is 12.4. The fourth-order valence-electron chi connectivity index (χ4n) is 0.793. The van der Waals surface area contributed by atoms with Gasteiger partial charge in [-0.05, 0) is 25.4 Å². The molecule has 5 nitrogen and oxygen atoms in total. The molecule has 0 aliphatic rings. The van der Waals surface area contributed by atoms with Crippen molar-refractivity contribution in [2.75, 3.05) is 12.4 Å². The van der Waals surface area contributed by atoms with E-state index in [1.54, 1.807) is 13.8 Å². The molecule has 0 fully saturated rings. The van der Waals surface area contributed by atoms with Crippen molar-refractivity contribution in [3.05, 3.63) is 6.33 Å². The van der Waals surface area contributed by atoms with Gasteiger partial charge in [0, 0.05) is 5.75 Å². The first-order chi connectivity index (χ1) is 7.06. The lowest BCUT2D eigenvalue weighted by molar-refractivity contribution is -0.148. The summed E-state index contributed by atoms with van der Waals surface area (Å²) in [4.78, 5) is 15.4. The zero-order chi connectivity index (χ0) is 11.3. The van der Waals surface area contributed by atoms with Gasteiger partial charge in [-0.2, -0.15) is 4.37 Å². The summed E-state index contributed by atoms with van der Waals surface area (Å²) in [5.41, 5.74) is 4.84. The molecule has 15 heavy (non-hydrogen) atoms. The third kappa shape index (κ3) is 3.77. The Balaban J connectivity index is 2.45. The minimum absolute atomic E-state index is 0.342. The monoisotopic (exact) mass is 247 g/mol. The van der Waals surface area contributed by atoms with Gasteiger partial charge in [-0.1, -0.05) is 11.8 Å². The Morgan fingerprint density at radius 1 is 1.80 bits per heavy atom. The second-order valence-electron chi connectivity index (χ2n) is 3.13. The van der Waals surface area contributed by atoms with Crippen molar-refractivity contribution in [1.29, 1.82) is 0 Å². The summed E-state index contributed by atoms with van der Waals surface area (Å²) in [7, 11) is 0. The smallest absolute Gasteiger partial charge is 0.326 e. The van der Waals surface area contributed by atoms with Gasteiger partial charge >= 0.3 is 5.97 Å². The number of rotatable bonds is 5. The standard InChI is InChI=1S/C8H13N3O2S2/c1-3-13-6(12)8(2,9)4-14-7-10-5-11-15-7/h5H,3-4,9H2,1-2H3. The third-order valence-electron chi connectivity index (χ3n) is 1.58. The highest BCUT2D eigenvalue weighted by molar-refractivity contribution is 8.01. The SMILES string of the molecule is CCOC(=O)C(C)(N)CSc1ncns1. The average molecular weight is 247 g/mol. The Kier molecular flexibility index (Phi) is 4.49. The average Bonchev–Trinajstić information content (AvgIpc) is 2.68. The topological polar surface area (TPSA) is 78.1 Å². The number of carbonyl (C=O) groups excluding carboxylic acids is 1. The van der Waals surface area contributed by atoms with Crippen LogP contribution in [-0.4, -0.2) is 33.2 Å². The summed E-state index contributed by atoms with van der Waals surface area (Å²) in [6.45, 7) is 3.75. The minimum atomic E-state index is -0.980. The summed E-state index contributed by atoms with van der Waals surface area (Å²) in [6, 6.07) is 0.